The predicted octanol–water partition coefficient (Wildman–Crippen LogP) is 2.22. The summed E-state index contributed by atoms with van der Waals surface area (Å²) in [6.07, 6.45) is 2.00. The Labute approximate surface area is 79.5 Å². The van der Waals surface area contributed by atoms with E-state index in [-0.39, 0.29) is 0 Å². The molecule has 0 aliphatic rings. The lowest BCUT2D eigenvalue weighted by Gasteiger charge is -1.96. The van der Waals surface area contributed by atoms with Crippen LogP contribution in [0.25, 0.3) is 0 Å². The Morgan fingerprint density at radius 3 is 2.70 bits per heavy atom. The van der Waals surface area contributed by atoms with E-state index < -0.39 is 0 Å². The van der Waals surface area contributed by atoms with Gasteiger partial charge in [0.1, 0.15) is 0 Å². The molecule has 0 amide bonds. The second-order valence-electron chi connectivity index (χ2n) is 1.77. The fourth-order valence-corrected chi connectivity index (χ4v) is 1.23. The summed E-state index contributed by atoms with van der Waals surface area (Å²) in [4.78, 5) is 4.16. The topological polar surface area (TPSA) is 36.2 Å². The number of hydrogen-bond acceptors (Lipinski definition) is 3. The van der Waals surface area contributed by atoms with Gasteiger partial charge in [0, 0.05) is 4.43 Å². The maximum absolute atomic E-state index is 7.37. The van der Waals surface area contributed by atoms with Gasteiger partial charge in [-0.2, -0.15) is 0 Å². The van der Waals surface area contributed by atoms with Crippen LogP contribution in [-0.4, -0.2) is 28.0 Å². The molecule has 0 aromatic heterocycles. The SMILES string of the molecule is CSC/N=C(/C)C(=N)CI. The Hall–Kier alpha value is 0.420. The van der Waals surface area contributed by atoms with Crippen LogP contribution in [0.2, 0.25) is 0 Å². The fraction of sp³-hybridized carbons (Fsp3) is 0.667. The number of thioether (sulfide) groups is 1. The first kappa shape index (κ1) is 10.4. The molecule has 0 rings (SSSR count). The second kappa shape index (κ2) is 6.15. The summed E-state index contributed by atoms with van der Waals surface area (Å²) in [5, 5.41) is 7.37. The van der Waals surface area contributed by atoms with Gasteiger partial charge >= 0.3 is 0 Å². The molecular formula is C6H11IN2S. The van der Waals surface area contributed by atoms with Crippen molar-refractivity contribution in [3.05, 3.63) is 0 Å². The summed E-state index contributed by atoms with van der Waals surface area (Å²) in [6, 6.07) is 0. The van der Waals surface area contributed by atoms with Gasteiger partial charge in [0.05, 0.1) is 17.3 Å². The van der Waals surface area contributed by atoms with Crippen LogP contribution in [0.1, 0.15) is 6.92 Å². The Balaban J connectivity index is 3.80. The zero-order chi connectivity index (χ0) is 7.98. The smallest absolute Gasteiger partial charge is 0.0845 e. The fourth-order valence-electron chi connectivity index (χ4n) is 0.354. The maximum atomic E-state index is 7.37. The average Bonchev–Trinajstić information content (AvgIpc) is 1.98. The monoisotopic (exact) mass is 270 g/mol. The predicted molar refractivity (Wildman–Crippen MR) is 58.1 cm³/mol. The van der Waals surface area contributed by atoms with Gasteiger partial charge in [0.2, 0.25) is 0 Å². The highest BCUT2D eigenvalue weighted by Gasteiger charge is 1.96. The van der Waals surface area contributed by atoms with E-state index in [1.54, 1.807) is 11.8 Å². The summed E-state index contributed by atoms with van der Waals surface area (Å²) in [5.74, 6) is 0.769. The number of nitrogens with zero attached hydrogens (tertiary/aromatic N) is 1. The van der Waals surface area contributed by atoms with Crippen molar-refractivity contribution in [1.82, 2.24) is 0 Å². The van der Waals surface area contributed by atoms with Crippen LogP contribution < -0.4 is 0 Å². The lowest BCUT2D eigenvalue weighted by Crippen LogP contribution is -2.10. The van der Waals surface area contributed by atoms with Crippen molar-refractivity contribution in [2.75, 3.05) is 16.6 Å². The van der Waals surface area contributed by atoms with Crippen molar-refractivity contribution in [2.45, 2.75) is 6.92 Å². The third-order valence-corrected chi connectivity index (χ3v) is 2.15. The molecular weight excluding hydrogens is 259 g/mol. The number of nitrogens with one attached hydrogen (secondary N) is 1. The van der Waals surface area contributed by atoms with Crippen LogP contribution in [0, 0.1) is 5.41 Å². The molecule has 0 atom stereocenters. The van der Waals surface area contributed by atoms with Crippen molar-refractivity contribution in [1.29, 1.82) is 5.41 Å². The van der Waals surface area contributed by atoms with E-state index in [4.69, 9.17) is 5.41 Å². The van der Waals surface area contributed by atoms with Gasteiger partial charge in [0.15, 0.2) is 0 Å². The van der Waals surface area contributed by atoms with Gasteiger partial charge in [-0.25, -0.2) is 0 Å². The minimum atomic E-state index is 0.634. The number of halogens is 1. The van der Waals surface area contributed by atoms with E-state index in [0.717, 1.165) is 16.0 Å². The highest BCUT2D eigenvalue weighted by molar-refractivity contribution is 14.1. The first-order valence-electron chi connectivity index (χ1n) is 2.86. The zero-order valence-corrected chi connectivity index (χ0v) is 9.12. The largest absolute Gasteiger partial charge is 0.303 e. The molecule has 4 heteroatoms. The minimum absolute atomic E-state index is 0.634. The summed E-state index contributed by atoms with van der Waals surface area (Å²) in [5.41, 5.74) is 1.50. The summed E-state index contributed by atoms with van der Waals surface area (Å²) >= 11 is 3.84. The van der Waals surface area contributed by atoms with E-state index >= 15 is 0 Å². The number of aliphatic imine (C=N–C) groups is 1. The normalized spacial score (nSPS) is 11.7. The van der Waals surface area contributed by atoms with Crippen molar-refractivity contribution in [3.8, 4) is 0 Å². The third kappa shape index (κ3) is 4.27. The molecule has 0 bridgehead atoms. The van der Waals surface area contributed by atoms with Gasteiger partial charge in [-0.05, 0) is 13.2 Å². The lowest BCUT2D eigenvalue weighted by molar-refractivity contribution is 1.37. The molecule has 0 spiro atoms. The van der Waals surface area contributed by atoms with Crippen molar-refractivity contribution < 1.29 is 0 Å². The van der Waals surface area contributed by atoms with Gasteiger partial charge in [0.25, 0.3) is 0 Å². The first-order chi connectivity index (χ1) is 4.72. The van der Waals surface area contributed by atoms with Gasteiger partial charge < -0.3 is 5.41 Å². The van der Waals surface area contributed by atoms with Crippen LogP contribution in [0.3, 0.4) is 0 Å². The van der Waals surface area contributed by atoms with Crippen LogP contribution >= 0.6 is 34.4 Å². The first-order valence-corrected chi connectivity index (χ1v) is 5.78. The quantitative estimate of drug-likeness (QED) is 0.474. The molecule has 0 unspecified atom stereocenters. The molecule has 0 aromatic carbocycles. The molecule has 0 heterocycles. The average molecular weight is 270 g/mol. The highest BCUT2D eigenvalue weighted by Crippen LogP contribution is 1.94. The number of alkyl halides is 1. The van der Waals surface area contributed by atoms with Gasteiger partial charge in [-0.15, -0.1) is 11.8 Å². The standard InChI is InChI=1S/C6H11IN2S/c1-5(6(8)3-7)9-4-10-2/h8H,3-4H2,1-2H3/b8-6?,9-5-. The van der Waals surface area contributed by atoms with Crippen LogP contribution in [0.4, 0.5) is 0 Å². The Kier molecular flexibility index (Phi) is 6.41. The highest BCUT2D eigenvalue weighted by atomic mass is 127. The summed E-state index contributed by atoms with van der Waals surface area (Å²) in [6.45, 7) is 1.89. The molecule has 58 valence electrons. The molecule has 0 aromatic rings. The molecule has 10 heavy (non-hydrogen) atoms. The Morgan fingerprint density at radius 1 is 1.70 bits per heavy atom. The minimum Gasteiger partial charge on any atom is -0.303 e. The zero-order valence-electron chi connectivity index (χ0n) is 6.15. The summed E-state index contributed by atoms with van der Waals surface area (Å²) < 4.78 is 0.751. The van der Waals surface area contributed by atoms with Crippen molar-refractivity contribution in [3.63, 3.8) is 0 Å². The third-order valence-electron chi connectivity index (χ3n) is 1.00. The lowest BCUT2D eigenvalue weighted by atomic mass is 10.3. The summed E-state index contributed by atoms with van der Waals surface area (Å²) in [7, 11) is 0. The molecule has 0 saturated heterocycles. The van der Waals surface area contributed by atoms with E-state index in [0.29, 0.717) is 5.71 Å². The Bertz CT molecular complexity index is 145. The van der Waals surface area contributed by atoms with Crippen molar-refractivity contribution >= 4 is 45.8 Å². The van der Waals surface area contributed by atoms with Crippen LogP contribution in [0.15, 0.2) is 4.99 Å². The second-order valence-corrected chi connectivity index (χ2v) is 3.37. The van der Waals surface area contributed by atoms with Crippen molar-refractivity contribution in [2.24, 2.45) is 4.99 Å². The molecule has 0 radical (unpaired) electrons. The number of hydrogen-bond donors (Lipinski definition) is 1. The maximum Gasteiger partial charge on any atom is 0.0845 e. The van der Waals surface area contributed by atoms with E-state index in [1.807, 2.05) is 13.2 Å². The molecule has 0 aliphatic heterocycles. The molecule has 2 nitrogen and oxygen atoms in total. The van der Waals surface area contributed by atoms with E-state index in [2.05, 4.69) is 27.6 Å². The molecule has 0 saturated carbocycles. The van der Waals surface area contributed by atoms with E-state index in [1.165, 1.54) is 0 Å². The van der Waals surface area contributed by atoms with Crippen LogP contribution in [-0.2, 0) is 0 Å². The van der Waals surface area contributed by atoms with Gasteiger partial charge in [-0.1, -0.05) is 22.6 Å². The van der Waals surface area contributed by atoms with Gasteiger partial charge in [-0.3, -0.25) is 4.99 Å². The molecule has 0 fully saturated rings. The Morgan fingerprint density at radius 2 is 2.30 bits per heavy atom. The molecule has 0 aliphatic carbocycles. The van der Waals surface area contributed by atoms with Crippen LogP contribution in [0.5, 0.6) is 0 Å². The number of rotatable bonds is 4. The van der Waals surface area contributed by atoms with E-state index in [9.17, 15) is 0 Å². The molecule has 1 N–H and O–H groups in total.